The third kappa shape index (κ3) is 6.12. The van der Waals surface area contributed by atoms with Crippen LogP contribution in [-0.2, 0) is 33.9 Å². The van der Waals surface area contributed by atoms with Crippen LogP contribution in [0.4, 0.5) is 14.5 Å². The largest absolute Gasteiger partial charge is 0.371 e. The van der Waals surface area contributed by atoms with E-state index in [1.54, 1.807) is 0 Å². The van der Waals surface area contributed by atoms with Gasteiger partial charge in [0.15, 0.2) is 0 Å². The number of alkyl halides is 2. The van der Waals surface area contributed by atoms with E-state index in [-0.39, 0.29) is 54.6 Å². The van der Waals surface area contributed by atoms with Gasteiger partial charge in [0.05, 0.1) is 19.1 Å². The summed E-state index contributed by atoms with van der Waals surface area (Å²) in [5.74, 6) is -0.968. The number of likely N-dealkylation sites (tertiary alicyclic amines) is 1. The Hall–Kier alpha value is -5.40. The molecule has 4 aromatic rings. The molecule has 11 nitrogen and oxygen atoms in total. The van der Waals surface area contributed by atoms with Gasteiger partial charge in [0.1, 0.15) is 6.04 Å². The molecule has 6 aliphatic rings. The van der Waals surface area contributed by atoms with Crippen molar-refractivity contribution in [2.24, 2.45) is 5.41 Å². The molecule has 13 heteroatoms. The second kappa shape index (κ2) is 13.9. The average Bonchev–Trinajstić information content (AvgIpc) is 3.83. The van der Waals surface area contributed by atoms with Gasteiger partial charge >= 0.3 is 0 Å². The van der Waals surface area contributed by atoms with Gasteiger partial charge in [0.25, 0.3) is 12.3 Å². The number of nitrogens with zero attached hydrogens (tertiary/aromatic N) is 5. The lowest BCUT2D eigenvalue weighted by Gasteiger charge is -2.54. The number of H-pyrrole nitrogens is 1. The molecule has 6 aliphatic heterocycles. The van der Waals surface area contributed by atoms with Crippen LogP contribution in [0.25, 0.3) is 16.6 Å². The van der Waals surface area contributed by atoms with E-state index in [0.29, 0.717) is 36.5 Å². The van der Waals surface area contributed by atoms with E-state index in [2.05, 4.69) is 63.1 Å². The zero-order valence-electron chi connectivity index (χ0n) is 32.6. The normalized spacial score (nSPS) is 24.4. The molecular weight excluding hydrogens is 741 g/mol. The standard InChI is InChI=1S/C45H47F2N7O4/c1-26-17-34-32-5-3-4-6-36(32)48-41(34)42(53(26)22-38(46)47)28-7-9-31(10-8-28)51-15-13-45(14-16-51)24-52(25-45)40(56)23-50-20-29-18-33-27(2)54(37-11-12-39(55)49-43(37)57)44(58)35(33)19-30(29)21-50/h3-10,18-19,26,37-38,42,48H,2,11-17,20-25H2,1H3,(H,49,55,57)/t26-,37?,42?/m1/s1. The number of carbonyl (C=O) groups is 4. The highest BCUT2D eigenvalue weighted by atomic mass is 19.3. The quantitative estimate of drug-likeness (QED) is 0.240. The van der Waals surface area contributed by atoms with E-state index in [0.717, 1.165) is 79.0 Å². The van der Waals surface area contributed by atoms with Gasteiger partial charge in [0.2, 0.25) is 17.7 Å². The van der Waals surface area contributed by atoms with Crippen LogP contribution in [0.15, 0.2) is 67.2 Å². The number of benzene rings is 3. The highest BCUT2D eigenvalue weighted by molar-refractivity contribution is 6.12. The summed E-state index contributed by atoms with van der Waals surface area (Å²) >= 11 is 0. The van der Waals surface area contributed by atoms with E-state index < -0.39 is 18.4 Å². The Kier molecular flexibility index (Phi) is 8.83. The molecule has 1 aromatic heterocycles. The van der Waals surface area contributed by atoms with Crippen LogP contribution in [0.5, 0.6) is 0 Å². The van der Waals surface area contributed by atoms with Crippen LogP contribution < -0.4 is 10.2 Å². The van der Waals surface area contributed by atoms with Gasteiger partial charge < -0.3 is 14.8 Å². The van der Waals surface area contributed by atoms with Gasteiger partial charge in [-0.1, -0.05) is 36.9 Å². The summed E-state index contributed by atoms with van der Waals surface area (Å²) in [6, 6.07) is 19.5. The Morgan fingerprint density at radius 3 is 2.38 bits per heavy atom. The summed E-state index contributed by atoms with van der Waals surface area (Å²) in [6.45, 7) is 10.7. The van der Waals surface area contributed by atoms with Crippen molar-refractivity contribution < 1.29 is 28.0 Å². The van der Waals surface area contributed by atoms with Crippen LogP contribution in [0.3, 0.4) is 0 Å². The van der Waals surface area contributed by atoms with Crippen molar-refractivity contribution in [3.63, 3.8) is 0 Å². The molecule has 3 saturated heterocycles. The van der Waals surface area contributed by atoms with Crippen molar-refractivity contribution in [2.75, 3.05) is 44.2 Å². The molecule has 2 N–H and O–H groups in total. The molecule has 58 heavy (non-hydrogen) atoms. The first kappa shape index (κ1) is 36.9. The fourth-order valence-corrected chi connectivity index (χ4v) is 10.7. The number of piperidine rings is 2. The zero-order chi connectivity index (χ0) is 40.0. The molecule has 3 fully saturated rings. The first-order valence-electron chi connectivity index (χ1n) is 20.5. The predicted molar refractivity (Wildman–Crippen MR) is 215 cm³/mol. The minimum atomic E-state index is -2.43. The Balaban J connectivity index is 0.743. The van der Waals surface area contributed by atoms with E-state index in [1.807, 2.05) is 41.0 Å². The monoisotopic (exact) mass is 787 g/mol. The first-order valence-corrected chi connectivity index (χ1v) is 20.5. The van der Waals surface area contributed by atoms with Crippen molar-refractivity contribution in [3.05, 3.63) is 106 Å². The maximum Gasteiger partial charge on any atom is 0.259 e. The number of halogens is 2. The van der Waals surface area contributed by atoms with Crippen molar-refractivity contribution in [1.29, 1.82) is 0 Å². The highest BCUT2D eigenvalue weighted by Crippen LogP contribution is 2.44. The minimum Gasteiger partial charge on any atom is -0.371 e. The van der Waals surface area contributed by atoms with E-state index in [9.17, 15) is 28.0 Å². The van der Waals surface area contributed by atoms with Crippen LogP contribution in [0.1, 0.15) is 82.5 Å². The van der Waals surface area contributed by atoms with Crippen LogP contribution in [0, 0.1) is 5.41 Å². The Bertz CT molecular complexity index is 2330. The van der Waals surface area contributed by atoms with E-state index in [1.165, 1.54) is 15.8 Å². The van der Waals surface area contributed by atoms with Crippen molar-refractivity contribution in [1.82, 2.24) is 29.9 Å². The molecule has 3 aromatic carbocycles. The number of amides is 4. The molecule has 10 rings (SSSR count). The second-order valence-electron chi connectivity index (χ2n) is 17.3. The van der Waals surface area contributed by atoms with Gasteiger partial charge in [-0.15, -0.1) is 0 Å². The smallest absolute Gasteiger partial charge is 0.259 e. The highest BCUT2D eigenvalue weighted by Gasteiger charge is 2.47. The van der Waals surface area contributed by atoms with Gasteiger partial charge in [-0.05, 0) is 85.2 Å². The minimum absolute atomic E-state index is 0.0282. The van der Waals surface area contributed by atoms with Gasteiger partial charge in [-0.3, -0.25) is 39.2 Å². The topological polar surface area (TPSA) is 112 Å². The Morgan fingerprint density at radius 2 is 1.67 bits per heavy atom. The van der Waals surface area contributed by atoms with Crippen LogP contribution >= 0.6 is 0 Å². The van der Waals surface area contributed by atoms with Gasteiger partial charge in [0, 0.05) is 96.3 Å². The number of fused-ring (bicyclic) bond motifs is 5. The number of nitrogens with one attached hydrogen (secondary N) is 2. The third-order valence-electron chi connectivity index (χ3n) is 13.7. The number of hydrogen-bond donors (Lipinski definition) is 2. The summed E-state index contributed by atoms with van der Waals surface area (Å²) in [5.41, 5.74) is 9.25. The van der Waals surface area contributed by atoms with Crippen LogP contribution in [-0.4, -0.2) is 106 Å². The fourth-order valence-electron chi connectivity index (χ4n) is 10.7. The summed E-state index contributed by atoms with van der Waals surface area (Å²) < 4.78 is 27.8. The number of aromatic amines is 1. The first-order chi connectivity index (χ1) is 27.9. The summed E-state index contributed by atoms with van der Waals surface area (Å²) in [5, 5.41) is 3.50. The number of para-hydroxylation sites is 1. The molecule has 0 radical (unpaired) electrons. The molecule has 2 unspecified atom stereocenters. The molecule has 0 bridgehead atoms. The number of carbonyl (C=O) groups excluding carboxylic acids is 4. The number of rotatable bonds is 7. The number of aromatic nitrogens is 1. The predicted octanol–water partition coefficient (Wildman–Crippen LogP) is 5.45. The van der Waals surface area contributed by atoms with Crippen molar-refractivity contribution >= 4 is 45.9 Å². The fraction of sp³-hybridized carbons (Fsp3) is 0.422. The van der Waals surface area contributed by atoms with Crippen LogP contribution in [0.2, 0.25) is 0 Å². The molecule has 7 heterocycles. The zero-order valence-corrected chi connectivity index (χ0v) is 32.6. The van der Waals surface area contributed by atoms with Crippen molar-refractivity contribution in [2.45, 2.75) is 76.7 Å². The lowest BCUT2D eigenvalue weighted by Crippen LogP contribution is -2.63. The third-order valence-corrected chi connectivity index (χ3v) is 13.7. The number of anilines is 1. The number of hydrogen-bond acceptors (Lipinski definition) is 7. The molecule has 3 atom stereocenters. The molecule has 0 saturated carbocycles. The maximum absolute atomic E-state index is 13.9. The second-order valence-corrected chi connectivity index (χ2v) is 17.3. The SMILES string of the molecule is C=C1c2cc3c(cc2C(=O)N1C1CCC(=O)NC1=O)CN(CC(=O)N1CC2(CCN(c4ccc(C5c6[nH]c7ccccc7c6C[C@@H](C)N5CC(F)F)cc4)CC2)C1)C3. The molecule has 1 spiro atoms. The number of imide groups is 1. The molecular formula is C45H47F2N7O4. The lowest BCUT2D eigenvalue weighted by atomic mass is 9.72. The van der Waals surface area contributed by atoms with Gasteiger partial charge in [-0.2, -0.15) is 0 Å². The summed E-state index contributed by atoms with van der Waals surface area (Å²) in [7, 11) is 0. The van der Waals surface area contributed by atoms with Crippen molar-refractivity contribution in [3.8, 4) is 0 Å². The summed E-state index contributed by atoms with van der Waals surface area (Å²) in [4.78, 5) is 64.6. The Morgan fingerprint density at radius 1 is 0.966 bits per heavy atom. The lowest BCUT2D eigenvalue weighted by molar-refractivity contribution is -0.146. The maximum atomic E-state index is 13.9. The van der Waals surface area contributed by atoms with E-state index in [4.69, 9.17) is 0 Å². The molecule has 0 aliphatic carbocycles. The molecule has 4 amide bonds. The summed E-state index contributed by atoms with van der Waals surface area (Å²) in [6.07, 6.45) is 0.734. The average molecular weight is 788 g/mol. The van der Waals surface area contributed by atoms with E-state index >= 15 is 0 Å². The van der Waals surface area contributed by atoms with Gasteiger partial charge in [-0.25, -0.2) is 8.78 Å². The Labute approximate surface area is 335 Å². The molecule has 300 valence electrons.